The Balaban J connectivity index is 1.77. The van der Waals surface area contributed by atoms with Crippen molar-refractivity contribution in [3.63, 3.8) is 0 Å². The van der Waals surface area contributed by atoms with Crippen molar-refractivity contribution in [2.24, 2.45) is 0 Å². The average Bonchev–Trinajstić information content (AvgIpc) is 3.20. The zero-order valence-electron chi connectivity index (χ0n) is 11.8. The standard InChI is InChI=1S/C12H23N3O4S/c1-14(7-6-12(16)17)20(18,19)13-10-4-8-15(9-5-10)11-2-3-11/h10-11,13H,2-9H2,1H3,(H,16,17). The molecular formula is C12H23N3O4S. The molecule has 0 aromatic heterocycles. The second-order valence-electron chi connectivity index (χ2n) is 5.63. The molecule has 2 N–H and O–H groups in total. The molecule has 0 aromatic rings. The molecule has 1 aliphatic heterocycles. The summed E-state index contributed by atoms with van der Waals surface area (Å²) in [4.78, 5) is 12.9. The molecule has 2 aliphatic rings. The Morgan fingerprint density at radius 1 is 1.30 bits per heavy atom. The van der Waals surface area contributed by atoms with Crippen molar-refractivity contribution in [3.8, 4) is 0 Å². The van der Waals surface area contributed by atoms with E-state index in [9.17, 15) is 13.2 Å². The summed E-state index contributed by atoms with van der Waals surface area (Å²) in [6.07, 6.45) is 4.01. The van der Waals surface area contributed by atoms with E-state index in [1.165, 1.54) is 19.9 Å². The number of carboxylic acid groups (broad SMARTS) is 1. The number of rotatable bonds is 7. The van der Waals surface area contributed by atoms with Gasteiger partial charge in [0.15, 0.2) is 0 Å². The van der Waals surface area contributed by atoms with Crippen LogP contribution in [0.3, 0.4) is 0 Å². The molecule has 1 saturated carbocycles. The number of likely N-dealkylation sites (tertiary alicyclic amines) is 1. The molecule has 0 aromatic carbocycles. The predicted molar refractivity (Wildman–Crippen MR) is 74.6 cm³/mol. The van der Waals surface area contributed by atoms with Crippen LogP contribution in [0.25, 0.3) is 0 Å². The Kier molecular flexibility index (Phi) is 5.00. The molecule has 1 saturated heterocycles. The van der Waals surface area contributed by atoms with Crippen LogP contribution in [0, 0.1) is 0 Å². The smallest absolute Gasteiger partial charge is 0.304 e. The lowest BCUT2D eigenvalue weighted by atomic mass is 10.1. The number of aliphatic carboxylic acids is 1. The second kappa shape index (κ2) is 6.38. The Labute approximate surface area is 120 Å². The Morgan fingerprint density at radius 3 is 2.40 bits per heavy atom. The highest BCUT2D eigenvalue weighted by atomic mass is 32.2. The van der Waals surface area contributed by atoms with Crippen LogP contribution in [-0.4, -0.2) is 67.5 Å². The zero-order chi connectivity index (χ0) is 14.8. The van der Waals surface area contributed by atoms with Crippen molar-refractivity contribution in [1.82, 2.24) is 13.9 Å². The van der Waals surface area contributed by atoms with Gasteiger partial charge in [0.2, 0.25) is 0 Å². The highest BCUT2D eigenvalue weighted by Crippen LogP contribution is 2.29. The van der Waals surface area contributed by atoms with Gasteiger partial charge in [-0.3, -0.25) is 4.79 Å². The van der Waals surface area contributed by atoms with Crippen LogP contribution in [0.5, 0.6) is 0 Å². The summed E-state index contributed by atoms with van der Waals surface area (Å²) in [5, 5.41) is 8.59. The van der Waals surface area contributed by atoms with E-state index in [2.05, 4.69) is 9.62 Å². The van der Waals surface area contributed by atoms with Gasteiger partial charge >= 0.3 is 5.97 Å². The Hall–Kier alpha value is -0.700. The first kappa shape index (κ1) is 15.7. The first-order valence-electron chi connectivity index (χ1n) is 7.08. The lowest BCUT2D eigenvalue weighted by molar-refractivity contribution is -0.137. The van der Waals surface area contributed by atoms with E-state index in [1.54, 1.807) is 0 Å². The third kappa shape index (κ3) is 4.41. The summed E-state index contributed by atoms with van der Waals surface area (Å²) in [6.45, 7) is 1.87. The van der Waals surface area contributed by atoms with Gasteiger partial charge in [-0.2, -0.15) is 17.4 Å². The molecule has 8 heteroatoms. The monoisotopic (exact) mass is 305 g/mol. The fourth-order valence-electron chi connectivity index (χ4n) is 2.50. The summed E-state index contributed by atoms with van der Waals surface area (Å²) in [5.41, 5.74) is 0. The number of nitrogens with one attached hydrogen (secondary N) is 1. The van der Waals surface area contributed by atoms with E-state index < -0.39 is 16.2 Å². The summed E-state index contributed by atoms with van der Waals surface area (Å²) < 4.78 is 27.8. The minimum absolute atomic E-state index is 0.00835. The molecule has 7 nitrogen and oxygen atoms in total. The maximum atomic E-state index is 12.0. The third-order valence-electron chi connectivity index (χ3n) is 3.96. The van der Waals surface area contributed by atoms with E-state index in [0.717, 1.165) is 36.3 Å². The minimum Gasteiger partial charge on any atom is -0.481 e. The van der Waals surface area contributed by atoms with Crippen molar-refractivity contribution in [2.45, 2.75) is 44.2 Å². The molecule has 2 rings (SSSR count). The molecular weight excluding hydrogens is 282 g/mol. The number of carbonyl (C=O) groups is 1. The van der Waals surface area contributed by atoms with Crippen molar-refractivity contribution < 1.29 is 18.3 Å². The van der Waals surface area contributed by atoms with Crippen LogP contribution in [0.1, 0.15) is 32.1 Å². The quantitative estimate of drug-likeness (QED) is 0.683. The molecule has 1 aliphatic carbocycles. The van der Waals surface area contributed by atoms with Crippen LogP contribution in [0.2, 0.25) is 0 Å². The van der Waals surface area contributed by atoms with E-state index >= 15 is 0 Å². The molecule has 0 radical (unpaired) electrons. The molecule has 0 amide bonds. The first-order chi connectivity index (χ1) is 9.38. The third-order valence-corrected chi connectivity index (χ3v) is 5.59. The fourth-order valence-corrected chi connectivity index (χ4v) is 3.66. The van der Waals surface area contributed by atoms with Crippen LogP contribution >= 0.6 is 0 Å². The van der Waals surface area contributed by atoms with E-state index in [1.807, 2.05) is 0 Å². The van der Waals surface area contributed by atoms with Crippen LogP contribution in [0.4, 0.5) is 0 Å². The van der Waals surface area contributed by atoms with Gasteiger partial charge in [0.25, 0.3) is 10.2 Å². The molecule has 0 unspecified atom stereocenters. The molecule has 2 fully saturated rings. The Morgan fingerprint density at radius 2 is 1.90 bits per heavy atom. The van der Waals surface area contributed by atoms with Gasteiger partial charge in [-0.25, -0.2) is 0 Å². The zero-order valence-corrected chi connectivity index (χ0v) is 12.6. The lowest BCUT2D eigenvalue weighted by Crippen LogP contribution is -2.49. The minimum atomic E-state index is -3.58. The molecule has 116 valence electrons. The second-order valence-corrected chi connectivity index (χ2v) is 7.44. The number of piperidine rings is 1. The van der Waals surface area contributed by atoms with E-state index in [0.29, 0.717) is 0 Å². The summed E-state index contributed by atoms with van der Waals surface area (Å²) in [6, 6.07) is 0.688. The lowest BCUT2D eigenvalue weighted by Gasteiger charge is -2.33. The number of carboxylic acids is 1. The highest BCUT2D eigenvalue weighted by molar-refractivity contribution is 7.87. The largest absolute Gasteiger partial charge is 0.481 e. The van der Waals surface area contributed by atoms with E-state index in [-0.39, 0.29) is 19.0 Å². The summed E-state index contributed by atoms with van der Waals surface area (Å²) in [7, 11) is -2.17. The van der Waals surface area contributed by atoms with Gasteiger partial charge in [-0.15, -0.1) is 0 Å². The van der Waals surface area contributed by atoms with Gasteiger partial charge < -0.3 is 10.0 Å². The SMILES string of the molecule is CN(CCC(=O)O)S(=O)(=O)NC1CCN(C2CC2)CC1. The topological polar surface area (TPSA) is 90.0 Å². The normalized spacial score (nSPS) is 22.3. The Bertz CT molecular complexity index is 442. The van der Waals surface area contributed by atoms with Gasteiger partial charge in [0, 0.05) is 25.7 Å². The van der Waals surface area contributed by atoms with Crippen molar-refractivity contribution in [3.05, 3.63) is 0 Å². The van der Waals surface area contributed by atoms with Crippen molar-refractivity contribution in [2.75, 3.05) is 26.7 Å². The van der Waals surface area contributed by atoms with Crippen LogP contribution in [-0.2, 0) is 15.0 Å². The van der Waals surface area contributed by atoms with Gasteiger partial charge in [0.1, 0.15) is 0 Å². The molecule has 1 heterocycles. The number of hydrogen-bond acceptors (Lipinski definition) is 4. The molecule has 20 heavy (non-hydrogen) atoms. The molecule has 0 atom stereocenters. The highest BCUT2D eigenvalue weighted by Gasteiger charge is 2.33. The molecule has 0 bridgehead atoms. The average molecular weight is 305 g/mol. The maximum Gasteiger partial charge on any atom is 0.304 e. The maximum absolute atomic E-state index is 12.0. The summed E-state index contributed by atoms with van der Waals surface area (Å²) >= 11 is 0. The van der Waals surface area contributed by atoms with Gasteiger partial charge in [-0.1, -0.05) is 0 Å². The fraction of sp³-hybridized carbons (Fsp3) is 0.917. The number of nitrogens with zero attached hydrogens (tertiary/aromatic N) is 2. The van der Waals surface area contributed by atoms with Crippen LogP contribution < -0.4 is 4.72 Å². The summed E-state index contributed by atoms with van der Waals surface area (Å²) in [5.74, 6) is -0.996. The van der Waals surface area contributed by atoms with Crippen molar-refractivity contribution in [1.29, 1.82) is 0 Å². The predicted octanol–water partition coefficient (Wildman–Crippen LogP) is -0.146. The molecule has 0 spiro atoms. The van der Waals surface area contributed by atoms with Gasteiger partial charge in [0.05, 0.1) is 6.42 Å². The van der Waals surface area contributed by atoms with Gasteiger partial charge in [-0.05, 0) is 38.8 Å². The van der Waals surface area contributed by atoms with Crippen molar-refractivity contribution >= 4 is 16.2 Å². The first-order valence-corrected chi connectivity index (χ1v) is 8.52. The van der Waals surface area contributed by atoms with Crippen LogP contribution in [0.15, 0.2) is 0 Å². The number of hydrogen-bond donors (Lipinski definition) is 2. The van der Waals surface area contributed by atoms with E-state index in [4.69, 9.17) is 5.11 Å².